The molecule has 2 rings (SSSR count). The molecule has 0 saturated heterocycles. The van der Waals surface area contributed by atoms with Crippen LogP contribution < -0.4 is 5.32 Å². The van der Waals surface area contributed by atoms with Gasteiger partial charge in [-0.3, -0.25) is 24.5 Å². The minimum atomic E-state index is -0.973. The summed E-state index contributed by atoms with van der Waals surface area (Å²) in [6, 6.07) is 11.3. The molecular weight excluding hydrogens is 388 g/mol. The maximum Gasteiger partial charge on any atom is 0.308 e. The van der Waals surface area contributed by atoms with Crippen LogP contribution in [0, 0.1) is 10.1 Å². The molecule has 1 atom stereocenters. The monoisotopic (exact) mass is 404 g/mol. The normalized spacial score (nSPS) is 11.4. The Hall–Kier alpha value is -3.26. The zero-order chi connectivity index (χ0) is 20.7. The number of esters is 1. The van der Waals surface area contributed by atoms with Crippen LogP contribution in [0.15, 0.2) is 48.5 Å². The van der Waals surface area contributed by atoms with Gasteiger partial charge in [-0.15, -0.1) is 0 Å². The van der Waals surface area contributed by atoms with Gasteiger partial charge in [0, 0.05) is 34.8 Å². The number of nitro benzene ring substituents is 1. The highest BCUT2D eigenvalue weighted by Crippen LogP contribution is 2.13. The molecule has 0 saturated carbocycles. The van der Waals surface area contributed by atoms with E-state index in [1.54, 1.807) is 24.3 Å². The molecule has 0 aliphatic carbocycles. The lowest BCUT2D eigenvalue weighted by Crippen LogP contribution is -2.29. The molecule has 2 aromatic rings. The van der Waals surface area contributed by atoms with Crippen LogP contribution in [0.3, 0.4) is 0 Å². The van der Waals surface area contributed by atoms with Gasteiger partial charge in [0.2, 0.25) is 5.78 Å². The van der Waals surface area contributed by atoms with Crippen LogP contribution in [0.4, 0.5) is 5.69 Å². The molecule has 9 heteroatoms. The third kappa shape index (κ3) is 5.88. The fourth-order valence-electron chi connectivity index (χ4n) is 2.27. The van der Waals surface area contributed by atoms with Crippen molar-refractivity contribution >= 4 is 34.9 Å². The van der Waals surface area contributed by atoms with Crippen molar-refractivity contribution in [3.63, 3.8) is 0 Å². The van der Waals surface area contributed by atoms with Crippen LogP contribution >= 0.6 is 11.6 Å². The van der Waals surface area contributed by atoms with Gasteiger partial charge in [0.25, 0.3) is 11.6 Å². The molecule has 0 aliphatic rings. The molecule has 0 aromatic heterocycles. The number of carbonyl (C=O) groups is 3. The van der Waals surface area contributed by atoms with E-state index in [1.807, 2.05) is 0 Å². The molecular formula is C19H17ClN2O6. The minimum Gasteiger partial charge on any atom is -0.454 e. The Morgan fingerprint density at radius 1 is 1.07 bits per heavy atom. The highest BCUT2D eigenvalue weighted by molar-refractivity contribution is 6.30. The number of benzene rings is 2. The van der Waals surface area contributed by atoms with Gasteiger partial charge in [-0.05, 0) is 43.3 Å². The van der Waals surface area contributed by atoms with Gasteiger partial charge in [-0.2, -0.15) is 0 Å². The summed E-state index contributed by atoms with van der Waals surface area (Å²) >= 11 is 5.77. The molecule has 1 N–H and O–H groups in total. The Morgan fingerprint density at radius 2 is 1.64 bits per heavy atom. The number of nitrogens with one attached hydrogen (secondary N) is 1. The van der Waals surface area contributed by atoms with Gasteiger partial charge in [0.05, 0.1) is 11.3 Å². The van der Waals surface area contributed by atoms with Gasteiger partial charge < -0.3 is 10.1 Å². The maximum atomic E-state index is 12.2. The van der Waals surface area contributed by atoms with E-state index in [4.69, 9.17) is 16.3 Å². The van der Waals surface area contributed by atoms with Crippen LogP contribution in [0.2, 0.25) is 5.02 Å². The summed E-state index contributed by atoms with van der Waals surface area (Å²) in [7, 11) is 0. The predicted octanol–water partition coefficient (Wildman–Crippen LogP) is 3.18. The van der Waals surface area contributed by atoms with Crippen molar-refractivity contribution in [1.29, 1.82) is 0 Å². The van der Waals surface area contributed by atoms with Crippen LogP contribution in [0.5, 0.6) is 0 Å². The zero-order valence-corrected chi connectivity index (χ0v) is 15.6. The molecule has 0 heterocycles. The zero-order valence-electron chi connectivity index (χ0n) is 14.9. The molecule has 1 amide bonds. The summed E-state index contributed by atoms with van der Waals surface area (Å²) in [5.41, 5.74) is 0.473. The van der Waals surface area contributed by atoms with Gasteiger partial charge >= 0.3 is 5.97 Å². The molecule has 0 bridgehead atoms. The van der Waals surface area contributed by atoms with Crippen molar-refractivity contribution in [2.45, 2.75) is 19.4 Å². The Balaban J connectivity index is 1.78. The molecule has 2 aromatic carbocycles. The lowest BCUT2D eigenvalue weighted by atomic mass is 10.1. The number of nitro groups is 1. The van der Waals surface area contributed by atoms with E-state index in [0.717, 1.165) is 0 Å². The summed E-state index contributed by atoms with van der Waals surface area (Å²) in [4.78, 5) is 46.0. The third-order valence-electron chi connectivity index (χ3n) is 3.76. The number of hydrogen-bond acceptors (Lipinski definition) is 6. The number of hydrogen-bond donors (Lipinski definition) is 1. The predicted molar refractivity (Wildman–Crippen MR) is 101 cm³/mol. The number of Topliss-reactive ketones (excluding diaryl/α,β-unsaturated/α-hetero) is 1. The van der Waals surface area contributed by atoms with Crippen molar-refractivity contribution < 1.29 is 24.0 Å². The molecule has 0 spiro atoms. The molecule has 0 aliphatic heterocycles. The molecule has 0 radical (unpaired) electrons. The number of rotatable bonds is 8. The van der Waals surface area contributed by atoms with Crippen LogP contribution in [-0.2, 0) is 9.53 Å². The van der Waals surface area contributed by atoms with Crippen LogP contribution in [0.25, 0.3) is 0 Å². The van der Waals surface area contributed by atoms with Crippen molar-refractivity contribution in [3.8, 4) is 0 Å². The average molecular weight is 405 g/mol. The fourth-order valence-corrected chi connectivity index (χ4v) is 2.40. The summed E-state index contributed by atoms with van der Waals surface area (Å²) < 4.78 is 5.08. The third-order valence-corrected chi connectivity index (χ3v) is 4.01. The van der Waals surface area contributed by atoms with Crippen LogP contribution in [0.1, 0.15) is 34.1 Å². The van der Waals surface area contributed by atoms with E-state index in [0.29, 0.717) is 10.6 Å². The lowest BCUT2D eigenvalue weighted by Gasteiger charge is -2.12. The Bertz CT molecular complexity index is 880. The number of ether oxygens (including phenoxy) is 1. The first-order valence-electron chi connectivity index (χ1n) is 8.30. The Labute approximate surface area is 165 Å². The average Bonchev–Trinajstić information content (AvgIpc) is 2.67. The van der Waals surface area contributed by atoms with Crippen molar-refractivity contribution in [2.75, 3.05) is 6.54 Å². The number of carbonyl (C=O) groups excluding carboxylic acids is 3. The number of halogens is 1. The van der Waals surface area contributed by atoms with Crippen LogP contribution in [-0.4, -0.2) is 35.2 Å². The van der Waals surface area contributed by atoms with E-state index in [9.17, 15) is 24.5 Å². The van der Waals surface area contributed by atoms with E-state index < -0.39 is 22.9 Å². The van der Waals surface area contributed by atoms with Gasteiger partial charge in [0.1, 0.15) is 0 Å². The number of amides is 1. The first kappa shape index (κ1) is 21.0. The lowest BCUT2D eigenvalue weighted by molar-refractivity contribution is -0.384. The van der Waals surface area contributed by atoms with Gasteiger partial charge in [0.15, 0.2) is 6.10 Å². The Morgan fingerprint density at radius 3 is 2.21 bits per heavy atom. The largest absolute Gasteiger partial charge is 0.454 e. The van der Waals surface area contributed by atoms with Gasteiger partial charge in [-0.1, -0.05) is 11.6 Å². The standard InChI is InChI=1S/C19H17ClN2O6/c1-12(18(24)13-2-6-15(20)7-3-13)28-17(23)10-11-21-19(25)14-4-8-16(9-5-14)22(26)27/h2-9,12H,10-11H2,1H3,(H,21,25)/t12-/m1/s1. The fraction of sp³-hybridized carbons (Fsp3) is 0.211. The van der Waals surface area contributed by atoms with E-state index in [-0.39, 0.29) is 30.0 Å². The second-order valence-corrected chi connectivity index (χ2v) is 6.25. The second kappa shape index (κ2) is 9.61. The summed E-state index contributed by atoms with van der Waals surface area (Å²) in [5, 5.41) is 13.6. The van der Waals surface area contributed by atoms with Crippen molar-refractivity contribution in [3.05, 3.63) is 74.8 Å². The number of non-ortho nitro benzene ring substituents is 1. The topological polar surface area (TPSA) is 116 Å². The van der Waals surface area contributed by atoms with E-state index in [2.05, 4.69) is 5.32 Å². The first-order chi connectivity index (χ1) is 13.3. The quantitative estimate of drug-likeness (QED) is 0.312. The summed E-state index contributed by atoms with van der Waals surface area (Å²) in [6.45, 7) is 1.46. The summed E-state index contributed by atoms with van der Waals surface area (Å²) in [6.07, 6.45) is -1.10. The molecule has 146 valence electrons. The Kier molecular flexibility index (Phi) is 7.22. The number of ketones is 1. The minimum absolute atomic E-state index is 0.00346. The van der Waals surface area contributed by atoms with E-state index >= 15 is 0 Å². The SMILES string of the molecule is C[C@@H](OC(=O)CCNC(=O)c1ccc([N+](=O)[O-])cc1)C(=O)c1ccc(Cl)cc1. The van der Waals surface area contributed by atoms with Gasteiger partial charge in [-0.25, -0.2) is 0 Å². The van der Waals surface area contributed by atoms with Crippen molar-refractivity contribution in [2.24, 2.45) is 0 Å². The first-order valence-corrected chi connectivity index (χ1v) is 8.67. The smallest absolute Gasteiger partial charge is 0.308 e. The van der Waals surface area contributed by atoms with E-state index in [1.165, 1.54) is 31.2 Å². The van der Waals surface area contributed by atoms with Crippen molar-refractivity contribution in [1.82, 2.24) is 5.32 Å². The molecule has 8 nitrogen and oxygen atoms in total. The second-order valence-electron chi connectivity index (χ2n) is 5.81. The number of nitrogens with zero attached hydrogens (tertiary/aromatic N) is 1. The highest BCUT2D eigenvalue weighted by atomic mass is 35.5. The maximum absolute atomic E-state index is 12.2. The molecule has 28 heavy (non-hydrogen) atoms. The molecule has 0 fully saturated rings. The highest BCUT2D eigenvalue weighted by Gasteiger charge is 2.19. The summed E-state index contributed by atoms with van der Waals surface area (Å²) in [5.74, 6) is -1.48. The molecule has 0 unspecified atom stereocenters.